The molecule has 5 nitrogen and oxygen atoms in total. The molecule has 1 aromatic heterocycles. The van der Waals surface area contributed by atoms with E-state index in [0.29, 0.717) is 18.7 Å². The van der Waals surface area contributed by atoms with Crippen molar-refractivity contribution in [2.75, 3.05) is 13.1 Å². The Morgan fingerprint density at radius 1 is 1.27 bits per heavy atom. The molecule has 0 aliphatic carbocycles. The van der Waals surface area contributed by atoms with Gasteiger partial charge in [-0.1, -0.05) is 18.2 Å². The van der Waals surface area contributed by atoms with Gasteiger partial charge < -0.3 is 9.32 Å². The second kappa shape index (κ2) is 5.86. The topological polar surface area (TPSA) is 74.3 Å². The van der Waals surface area contributed by atoms with Crippen LogP contribution in [0.4, 0.5) is 0 Å². The van der Waals surface area contributed by atoms with Gasteiger partial charge in [-0.15, -0.1) is 0 Å². The molecule has 2 heterocycles. The molecule has 5 heteroatoms. The standard InChI is InChI=1S/C17H14N2O3/c18-11-14(16(20)19-7-3-4-8-19)10-13-9-12-5-1-2-6-15(12)22-17(13)21/h1-2,5-6,9-10H,3-4,7-8H2/b14-10+. The van der Waals surface area contributed by atoms with Crippen molar-refractivity contribution >= 4 is 23.0 Å². The lowest BCUT2D eigenvalue weighted by Crippen LogP contribution is -2.28. The molecule has 0 spiro atoms. The molecule has 2 aromatic rings. The van der Waals surface area contributed by atoms with Crippen LogP contribution < -0.4 is 5.63 Å². The van der Waals surface area contributed by atoms with Gasteiger partial charge in [-0.25, -0.2) is 4.79 Å². The van der Waals surface area contributed by atoms with E-state index in [1.54, 1.807) is 23.1 Å². The molecular formula is C17H14N2O3. The number of para-hydroxylation sites is 1. The summed E-state index contributed by atoms with van der Waals surface area (Å²) in [7, 11) is 0. The fourth-order valence-electron chi connectivity index (χ4n) is 2.57. The highest BCUT2D eigenvalue weighted by Gasteiger charge is 2.21. The highest BCUT2D eigenvalue weighted by Crippen LogP contribution is 2.16. The highest BCUT2D eigenvalue weighted by atomic mass is 16.4. The van der Waals surface area contributed by atoms with Gasteiger partial charge >= 0.3 is 5.63 Å². The molecule has 1 aliphatic heterocycles. The molecule has 0 N–H and O–H groups in total. The summed E-state index contributed by atoms with van der Waals surface area (Å²) in [6.07, 6.45) is 3.21. The SMILES string of the molecule is N#C/C(=C\c1cc2ccccc2oc1=O)C(=O)N1CCCC1. The van der Waals surface area contributed by atoms with Crippen LogP contribution in [0.3, 0.4) is 0 Å². The largest absolute Gasteiger partial charge is 0.422 e. The molecule has 1 amide bonds. The summed E-state index contributed by atoms with van der Waals surface area (Å²) in [5.74, 6) is -0.326. The van der Waals surface area contributed by atoms with Gasteiger partial charge in [0, 0.05) is 18.5 Å². The molecule has 0 bridgehead atoms. The number of fused-ring (bicyclic) bond motifs is 1. The smallest absolute Gasteiger partial charge is 0.343 e. The molecular weight excluding hydrogens is 280 g/mol. The van der Waals surface area contributed by atoms with Crippen LogP contribution in [0.5, 0.6) is 0 Å². The van der Waals surface area contributed by atoms with E-state index in [9.17, 15) is 14.9 Å². The lowest BCUT2D eigenvalue weighted by atomic mass is 10.1. The summed E-state index contributed by atoms with van der Waals surface area (Å²) >= 11 is 0. The molecule has 1 aliphatic rings. The van der Waals surface area contributed by atoms with E-state index < -0.39 is 5.63 Å². The van der Waals surface area contributed by atoms with E-state index in [1.807, 2.05) is 18.2 Å². The number of carbonyl (C=O) groups is 1. The van der Waals surface area contributed by atoms with E-state index in [1.165, 1.54) is 6.08 Å². The molecule has 0 saturated carbocycles. The maximum absolute atomic E-state index is 12.3. The Morgan fingerprint density at radius 3 is 2.73 bits per heavy atom. The minimum atomic E-state index is -0.555. The molecule has 22 heavy (non-hydrogen) atoms. The number of hydrogen-bond donors (Lipinski definition) is 0. The second-order valence-electron chi connectivity index (χ2n) is 5.20. The predicted octanol–water partition coefficient (Wildman–Crippen LogP) is 2.32. The summed E-state index contributed by atoms with van der Waals surface area (Å²) in [6, 6.07) is 10.6. The Balaban J connectivity index is 2.02. The third kappa shape index (κ3) is 2.63. The molecule has 1 fully saturated rings. The maximum atomic E-state index is 12.3. The molecule has 0 atom stereocenters. The van der Waals surface area contributed by atoms with Crippen LogP contribution in [-0.4, -0.2) is 23.9 Å². The average molecular weight is 294 g/mol. The summed E-state index contributed by atoms with van der Waals surface area (Å²) in [4.78, 5) is 25.9. The van der Waals surface area contributed by atoms with E-state index in [0.717, 1.165) is 18.2 Å². The van der Waals surface area contributed by atoms with Crippen LogP contribution in [0.25, 0.3) is 17.0 Å². The van der Waals surface area contributed by atoms with Gasteiger partial charge in [0.25, 0.3) is 5.91 Å². The van der Waals surface area contributed by atoms with Crippen LogP contribution in [0.15, 0.2) is 45.1 Å². The first kappa shape index (κ1) is 14.1. The number of nitrogens with zero attached hydrogens (tertiary/aromatic N) is 2. The van der Waals surface area contributed by atoms with Gasteiger partial charge in [-0.3, -0.25) is 4.79 Å². The van der Waals surface area contributed by atoms with Crippen molar-refractivity contribution in [2.45, 2.75) is 12.8 Å². The first-order chi connectivity index (χ1) is 10.7. The molecule has 0 radical (unpaired) electrons. The molecule has 1 saturated heterocycles. The highest BCUT2D eigenvalue weighted by molar-refractivity contribution is 6.02. The number of benzene rings is 1. The van der Waals surface area contributed by atoms with Crippen LogP contribution >= 0.6 is 0 Å². The first-order valence-corrected chi connectivity index (χ1v) is 7.13. The van der Waals surface area contributed by atoms with E-state index in [2.05, 4.69) is 0 Å². The van der Waals surface area contributed by atoms with Gasteiger partial charge in [-0.05, 0) is 31.1 Å². The van der Waals surface area contributed by atoms with Gasteiger partial charge in [0.05, 0.1) is 5.56 Å². The number of hydrogen-bond acceptors (Lipinski definition) is 4. The van der Waals surface area contributed by atoms with Gasteiger partial charge in [0.1, 0.15) is 17.2 Å². The number of amides is 1. The fourth-order valence-corrected chi connectivity index (χ4v) is 2.57. The Labute approximate surface area is 127 Å². The van der Waals surface area contributed by atoms with Crippen LogP contribution in [0.2, 0.25) is 0 Å². The van der Waals surface area contributed by atoms with Crippen LogP contribution in [-0.2, 0) is 4.79 Å². The Morgan fingerprint density at radius 2 is 2.00 bits per heavy atom. The summed E-state index contributed by atoms with van der Waals surface area (Å²) in [5.41, 5.74) is 0.0991. The monoisotopic (exact) mass is 294 g/mol. The van der Waals surface area contributed by atoms with Crippen molar-refractivity contribution in [3.8, 4) is 6.07 Å². The van der Waals surface area contributed by atoms with Crippen molar-refractivity contribution in [3.05, 3.63) is 51.9 Å². The van der Waals surface area contributed by atoms with Crippen molar-refractivity contribution in [1.82, 2.24) is 4.90 Å². The Hall–Kier alpha value is -2.87. The summed E-state index contributed by atoms with van der Waals surface area (Å²) < 4.78 is 5.21. The number of nitriles is 1. The van der Waals surface area contributed by atoms with Gasteiger partial charge in [0.15, 0.2) is 0 Å². The lowest BCUT2D eigenvalue weighted by Gasteiger charge is -2.13. The molecule has 0 unspecified atom stereocenters. The van der Waals surface area contributed by atoms with Crippen molar-refractivity contribution < 1.29 is 9.21 Å². The number of rotatable bonds is 2. The fraction of sp³-hybridized carbons (Fsp3) is 0.235. The van der Waals surface area contributed by atoms with Crippen molar-refractivity contribution in [3.63, 3.8) is 0 Å². The van der Waals surface area contributed by atoms with Crippen molar-refractivity contribution in [2.24, 2.45) is 0 Å². The van der Waals surface area contributed by atoms with Gasteiger partial charge in [-0.2, -0.15) is 5.26 Å². The number of likely N-dealkylation sites (tertiary alicyclic amines) is 1. The van der Waals surface area contributed by atoms with Crippen molar-refractivity contribution in [1.29, 1.82) is 5.26 Å². The minimum Gasteiger partial charge on any atom is -0.422 e. The molecule has 1 aromatic carbocycles. The zero-order chi connectivity index (χ0) is 15.5. The third-order valence-electron chi connectivity index (χ3n) is 3.71. The second-order valence-corrected chi connectivity index (χ2v) is 5.20. The van der Waals surface area contributed by atoms with Crippen LogP contribution in [0, 0.1) is 11.3 Å². The molecule has 3 rings (SSSR count). The predicted molar refractivity (Wildman–Crippen MR) is 81.9 cm³/mol. The van der Waals surface area contributed by atoms with E-state index in [-0.39, 0.29) is 17.0 Å². The average Bonchev–Trinajstić information content (AvgIpc) is 3.06. The summed E-state index contributed by atoms with van der Waals surface area (Å²) in [6.45, 7) is 1.31. The first-order valence-electron chi connectivity index (χ1n) is 7.13. The van der Waals surface area contributed by atoms with E-state index >= 15 is 0 Å². The lowest BCUT2D eigenvalue weighted by molar-refractivity contribution is -0.125. The van der Waals surface area contributed by atoms with Crippen LogP contribution in [0.1, 0.15) is 18.4 Å². The zero-order valence-electron chi connectivity index (χ0n) is 11.9. The third-order valence-corrected chi connectivity index (χ3v) is 3.71. The molecule has 110 valence electrons. The minimum absolute atomic E-state index is 0.0375. The Kier molecular flexibility index (Phi) is 3.75. The quantitative estimate of drug-likeness (QED) is 0.484. The maximum Gasteiger partial charge on any atom is 0.343 e. The Bertz CT molecular complexity index is 852. The summed E-state index contributed by atoms with van der Waals surface area (Å²) in [5, 5.41) is 9.97. The zero-order valence-corrected chi connectivity index (χ0v) is 11.9. The number of carbonyl (C=O) groups excluding carboxylic acids is 1. The normalized spacial score (nSPS) is 15.0. The van der Waals surface area contributed by atoms with E-state index in [4.69, 9.17) is 4.42 Å². The van der Waals surface area contributed by atoms with Gasteiger partial charge in [0.2, 0.25) is 0 Å².